The fourth-order valence-electron chi connectivity index (χ4n) is 1.84. The van der Waals surface area contributed by atoms with Crippen LogP contribution in [0.15, 0.2) is 29.2 Å². The summed E-state index contributed by atoms with van der Waals surface area (Å²) in [5.41, 5.74) is 1.08. The van der Waals surface area contributed by atoms with Gasteiger partial charge in [0, 0.05) is 12.6 Å². The van der Waals surface area contributed by atoms with Crippen molar-refractivity contribution in [1.82, 2.24) is 10.0 Å². The minimum Gasteiger partial charge on any atom is -0.313 e. The minimum atomic E-state index is -3.42. The van der Waals surface area contributed by atoms with Crippen LogP contribution in [0.1, 0.15) is 39.7 Å². The third kappa shape index (κ3) is 4.89. The van der Waals surface area contributed by atoms with E-state index in [0.29, 0.717) is 10.8 Å². The van der Waals surface area contributed by atoms with E-state index in [1.807, 2.05) is 32.9 Å². The van der Waals surface area contributed by atoms with Gasteiger partial charge < -0.3 is 5.32 Å². The van der Waals surface area contributed by atoms with Crippen molar-refractivity contribution >= 4 is 10.0 Å². The molecule has 5 heteroatoms. The maximum absolute atomic E-state index is 12.3. The van der Waals surface area contributed by atoms with Crippen LogP contribution in [-0.4, -0.2) is 21.0 Å². The van der Waals surface area contributed by atoms with Crippen molar-refractivity contribution in [3.63, 3.8) is 0 Å². The molecule has 1 aromatic rings. The first-order chi connectivity index (χ1) is 9.40. The normalized spacial score (nSPS) is 15.0. The Bertz CT molecular complexity index is 497. The van der Waals surface area contributed by atoms with Gasteiger partial charge in [0.25, 0.3) is 0 Å². The zero-order valence-corrected chi connectivity index (χ0v) is 13.6. The molecule has 2 N–H and O–H groups in total. The molecule has 0 aromatic heterocycles. The third-order valence-corrected chi connectivity index (χ3v) is 5.23. The summed E-state index contributed by atoms with van der Waals surface area (Å²) in [6.07, 6.45) is 0.950. The van der Waals surface area contributed by atoms with Crippen LogP contribution >= 0.6 is 0 Å². The van der Waals surface area contributed by atoms with Gasteiger partial charge in [-0.15, -0.1) is 0 Å². The van der Waals surface area contributed by atoms with Crippen LogP contribution in [0, 0.1) is 5.92 Å². The van der Waals surface area contributed by atoms with Crippen LogP contribution in [0.2, 0.25) is 0 Å². The van der Waals surface area contributed by atoms with Crippen LogP contribution in [0.5, 0.6) is 0 Å². The van der Waals surface area contributed by atoms with Crippen LogP contribution in [-0.2, 0) is 16.6 Å². The first-order valence-corrected chi connectivity index (χ1v) is 8.71. The van der Waals surface area contributed by atoms with Gasteiger partial charge in [-0.05, 0) is 37.1 Å². The summed E-state index contributed by atoms with van der Waals surface area (Å²) >= 11 is 0. The topological polar surface area (TPSA) is 58.2 Å². The quantitative estimate of drug-likeness (QED) is 0.775. The smallest absolute Gasteiger partial charge is 0.240 e. The highest BCUT2D eigenvalue weighted by Crippen LogP contribution is 2.14. The zero-order valence-electron chi connectivity index (χ0n) is 12.8. The molecule has 20 heavy (non-hydrogen) atoms. The molecule has 2 unspecified atom stereocenters. The van der Waals surface area contributed by atoms with E-state index in [-0.39, 0.29) is 6.04 Å². The molecule has 0 aliphatic carbocycles. The Morgan fingerprint density at radius 3 is 2.20 bits per heavy atom. The molecule has 0 saturated carbocycles. The second kappa shape index (κ2) is 7.76. The number of hydrogen-bond donors (Lipinski definition) is 2. The lowest BCUT2D eigenvalue weighted by Gasteiger charge is -2.19. The van der Waals surface area contributed by atoms with Crippen molar-refractivity contribution < 1.29 is 8.42 Å². The predicted octanol–water partition coefficient (Wildman–Crippen LogP) is 2.51. The Labute approximate surface area is 123 Å². The molecule has 0 aliphatic heterocycles. The highest BCUT2D eigenvalue weighted by atomic mass is 32.2. The van der Waals surface area contributed by atoms with Gasteiger partial charge in [-0.1, -0.05) is 39.3 Å². The van der Waals surface area contributed by atoms with E-state index in [9.17, 15) is 8.42 Å². The Hall–Kier alpha value is -0.910. The highest BCUT2D eigenvalue weighted by Gasteiger charge is 2.20. The molecule has 0 amide bonds. The van der Waals surface area contributed by atoms with Crippen molar-refractivity contribution in [2.45, 2.75) is 51.6 Å². The highest BCUT2D eigenvalue weighted by molar-refractivity contribution is 7.89. The predicted molar refractivity (Wildman–Crippen MR) is 83.1 cm³/mol. The molecule has 2 atom stereocenters. The lowest BCUT2D eigenvalue weighted by atomic mass is 10.0. The van der Waals surface area contributed by atoms with E-state index < -0.39 is 10.0 Å². The van der Waals surface area contributed by atoms with Gasteiger partial charge in [0.15, 0.2) is 0 Å². The van der Waals surface area contributed by atoms with Gasteiger partial charge in [0.05, 0.1) is 4.90 Å². The first kappa shape index (κ1) is 17.1. The number of rotatable bonds is 8. The second-order valence-corrected chi connectivity index (χ2v) is 6.93. The SMILES string of the molecule is CCNCc1ccc(S(=O)(=O)NC(C)C(C)CC)cc1. The monoisotopic (exact) mass is 298 g/mol. The van der Waals surface area contributed by atoms with Gasteiger partial charge in [-0.2, -0.15) is 0 Å². The Kier molecular flexibility index (Phi) is 6.65. The van der Waals surface area contributed by atoms with E-state index >= 15 is 0 Å². The number of nitrogens with one attached hydrogen (secondary N) is 2. The molecule has 114 valence electrons. The standard InChI is InChI=1S/C15H26N2O2S/c1-5-12(3)13(4)17-20(18,19)15-9-7-14(8-10-15)11-16-6-2/h7-10,12-13,16-17H,5-6,11H2,1-4H3. The molecular weight excluding hydrogens is 272 g/mol. The fraction of sp³-hybridized carbons (Fsp3) is 0.600. The second-order valence-electron chi connectivity index (χ2n) is 5.22. The summed E-state index contributed by atoms with van der Waals surface area (Å²) in [4.78, 5) is 0.327. The Morgan fingerprint density at radius 1 is 1.10 bits per heavy atom. The Balaban J connectivity index is 2.77. The maximum atomic E-state index is 12.3. The van der Waals surface area contributed by atoms with E-state index in [1.165, 1.54) is 0 Å². The third-order valence-electron chi connectivity index (χ3n) is 3.65. The largest absolute Gasteiger partial charge is 0.313 e. The van der Waals surface area contributed by atoms with Gasteiger partial charge in [0.2, 0.25) is 10.0 Å². The van der Waals surface area contributed by atoms with Crippen LogP contribution in [0.25, 0.3) is 0 Å². The van der Waals surface area contributed by atoms with E-state index in [0.717, 1.165) is 25.1 Å². The number of hydrogen-bond acceptors (Lipinski definition) is 3. The molecule has 0 fully saturated rings. The molecule has 1 rings (SSSR count). The van der Waals surface area contributed by atoms with Crippen LogP contribution in [0.4, 0.5) is 0 Å². The average Bonchev–Trinajstić information content (AvgIpc) is 2.44. The summed E-state index contributed by atoms with van der Waals surface area (Å²) < 4.78 is 27.3. The van der Waals surface area contributed by atoms with E-state index in [4.69, 9.17) is 0 Å². The number of sulfonamides is 1. The summed E-state index contributed by atoms with van der Waals surface area (Å²) in [6, 6.07) is 6.97. The van der Waals surface area contributed by atoms with E-state index in [1.54, 1.807) is 12.1 Å². The lowest BCUT2D eigenvalue weighted by molar-refractivity contribution is 0.434. The fourth-order valence-corrected chi connectivity index (χ4v) is 3.19. The summed E-state index contributed by atoms with van der Waals surface area (Å²) in [7, 11) is -3.42. The molecule has 0 bridgehead atoms. The van der Waals surface area contributed by atoms with Crippen molar-refractivity contribution in [1.29, 1.82) is 0 Å². The van der Waals surface area contributed by atoms with Crippen LogP contribution < -0.4 is 10.0 Å². The lowest BCUT2D eigenvalue weighted by Crippen LogP contribution is -2.36. The van der Waals surface area contributed by atoms with Gasteiger partial charge in [-0.25, -0.2) is 13.1 Å². The zero-order chi connectivity index (χ0) is 15.2. The first-order valence-electron chi connectivity index (χ1n) is 7.22. The van der Waals surface area contributed by atoms with Crippen molar-refractivity contribution in [2.24, 2.45) is 5.92 Å². The van der Waals surface area contributed by atoms with Gasteiger partial charge >= 0.3 is 0 Å². The van der Waals surface area contributed by atoms with Gasteiger partial charge in [-0.3, -0.25) is 0 Å². The molecule has 0 saturated heterocycles. The van der Waals surface area contributed by atoms with Crippen molar-refractivity contribution in [2.75, 3.05) is 6.54 Å². The van der Waals surface area contributed by atoms with Gasteiger partial charge in [0.1, 0.15) is 0 Å². The molecule has 1 aromatic carbocycles. The summed E-state index contributed by atoms with van der Waals surface area (Å²) in [5, 5.41) is 3.21. The number of benzene rings is 1. The van der Waals surface area contributed by atoms with Crippen molar-refractivity contribution in [3.05, 3.63) is 29.8 Å². The van der Waals surface area contributed by atoms with Crippen LogP contribution in [0.3, 0.4) is 0 Å². The summed E-state index contributed by atoms with van der Waals surface area (Å²) in [6.45, 7) is 9.71. The average molecular weight is 298 g/mol. The van der Waals surface area contributed by atoms with Crippen molar-refractivity contribution in [3.8, 4) is 0 Å². The molecular formula is C15H26N2O2S. The molecule has 0 aliphatic rings. The molecule has 0 spiro atoms. The molecule has 0 radical (unpaired) electrons. The summed E-state index contributed by atoms with van der Waals surface area (Å²) in [5.74, 6) is 0.317. The Morgan fingerprint density at radius 2 is 1.70 bits per heavy atom. The molecule has 0 heterocycles. The minimum absolute atomic E-state index is 0.0635. The molecule has 4 nitrogen and oxygen atoms in total. The maximum Gasteiger partial charge on any atom is 0.240 e. The van der Waals surface area contributed by atoms with E-state index in [2.05, 4.69) is 17.0 Å².